The number of anilines is 1. The fraction of sp³-hybridized carbons (Fsp3) is 0.269. The number of nitrogens with one attached hydrogen (secondary N) is 2. The van der Waals surface area contributed by atoms with Gasteiger partial charge in [0, 0.05) is 17.8 Å². The maximum absolute atomic E-state index is 12.7. The fourth-order valence-electron chi connectivity index (χ4n) is 3.52. The summed E-state index contributed by atoms with van der Waals surface area (Å²) in [4.78, 5) is 14.8. The topological polar surface area (TPSA) is 97.0 Å². The van der Waals surface area contributed by atoms with Gasteiger partial charge in [0.25, 0.3) is 15.9 Å². The molecule has 0 aliphatic heterocycles. The Morgan fingerprint density at radius 1 is 0.971 bits per heavy atom. The maximum Gasteiger partial charge on any atom is 0.261 e. The first-order valence-corrected chi connectivity index (χ1v) is 12.7. The Hall–Kier alpha value is -3.56. The molecule has 0 saturated carbocycles. The van der Waals surface area contributed by atoms with Gasteiger partial charge in [-0.1, -0.05) is 12.1 Å². The minimum atomic E-state index is -3.80. The highest BCUT2D eigenvalue weighted by molar-refractivity contribution is 7.92. The van der Waals surface area contributed by atoms with Gasteiger partial charge in [-0.15, -0.1) is 0 Å². The van der Waals surface area contributed by atoms with Crippen molar-refractivity contribution in [2.45, 2.75) is 17.9 Å². The van der Waals surface area contributed by atoms with Crippen LogP contribution in [-0.2, 0) is 10.0 Å². The summed E-state index contributed by atoms with van der Waals surface area (Å²) in [6, 6.07) is 20.1. The number of ether oxygens (including phenoxy) is 2. The molecule has 3 aromatic carbocycles. The van der Waals surface area contributed by atoms with Crippen LogP contribution in [-0.4, -0.2) is 53.6 Å². The number of rotatable bonds is 11. The molecule has 1 unspecified atom stereocenters. The number of hydrogen-bond acceptors (Lipinski definition) is 6. The van der Waals surface area contributed by atoms with E-state index in [0.29, 0.717) is 30.2 Å². The van der Waals surface area contributed by atoms with E-state index in [2.05, 4.69) is 10.0 Å². The van der Waals surface area contributed by atoms with Gasteiger partial charge in [-0.05, 0) is 87.2 Å². The molecule has 0 saturated heterocycles. The quantitative estimate of drug-likeness (QED) is 0.417. The van der Waals surface area contributed by atoms with Gasteiger partial charge in [0.2, 0.25) is 0 Å². The van der Waals surface area contributed by atoms with Crippen molar-refractivity contribution in [2.75, 3.05) is 39.1 Å². The number of amides is 1. The normalized spacial score (nSPS) is 12.1. The molecule has 3 rings (SSSR count). The molecule has 0 aliphatic carbocycles. The lowest BCUT2D eigenvalue weighted by molar-refractivity contribution is 0.0942. The molecule has 35 heavy (non-hydrogen) atoms. The van der Waals surface area contributed by atoms with E-state index in [9.17, 15) is 13.2 Å². The first-order valence-electron chi connectivity index (χ1n) is 11.2. The molecule has 0 aliphatic rings. The monoisotopic (exact) mass is 497 g/mol. The number of methoxy groups -OCH3 is 1. The van der Waals surface area contributed by atoms with Gasteiger partial charge in [-0.25, -0.2) is 8.42 Å². The fourth-order valence-corrected chi connectivity index (χ4v) is 4.58. The molecule has 0 radical (unpaired) electrons. The number of likely N-dealkylation sites (N-methyl/N-ethyl adjacent to an activating group) is 1. The van der Waals surface area contributed by atoms with Crippen LogP contribution in [0, 0.1) is 0 Å². The molecule has 0 spiro atoms. The van der Waals surface area contributed by atoms with Gasteiger partial charge in [-0.3, -0.25) is 9.52 Å². The van der Waals surface area contributed by atoms with Crippen LogP contribution in [0.1, 0.15) is 28.9 Å². The Morgan fingerprint density at radius 2 is 1.66 bits per heavy atom. The minimum absolute atomic E-state index is 0.0606. The number of hydrogen-bond donors (Lipinski definition) is 2. The number of sulfonamides is 1. The van der Waals surface area contributed by atoms with Crippen LogP contribution in [0.2, 0.25) is 0 Å². The van der Waals surface area contributed by atoms with Gasteiger partial charge in [-0.2, -0.15) is 0 Å². The Bertz CT molecular complexity index is 1230. The second-order valence-electron chi connectivity index (χ2n) is 8.05. The number of carbonyl (C=O) groups excluding carboxylic acids is 1. The van der Waals surface area contributed by atoms with Gasteiger partial charge in [0.1, 0.15) is 11.5 Å². The lowest BCUT2D eigenvalue weighted by atomic mass is 10.1. The average Bonchev–Trinajstić information content (AvgIpc) is 2.85. The molecule has 1 atom stereocenters. The van der Waals surface area contributed by atoms with E-state index in [1.165, 1.54) is 24.3 Å². The third kappa shape index (κ3) is 6.97. The Kier molecular flexibility index (Phi) is 8.73. The van der Waals surface area contributed by atoms with Crippen molar-refractivity contribution in [1.82, 2.24) is 10.2 Å². The number of carbonyl (C=O) groups is 1. The molecule has 1 amide bonds. The lowest BCUT2D eigenvalue weighted by Crippen LogP contribution is -2.34. The molecule has 0 aromatic heterocycles. The second kappa shape index (κ2) is 11.7. The van der Waals surface area contributed by atoms with Crippen LogP contribution in [0.3, 0.4) is 0 Å². The highest BCUT2D eigenvalue weighted by atomic mass is 32.2. The van der Waals surface area contributed by atoms with E-state index in [1.54, 1.807) is 31.4 Å². The smallest absolute Gasteiger partial charge is 0.261 e. The Balaban J connectivity index is 1.65. The van der Waals surface area contributed by atoms with E-state index < -0.39 is 10.0 Å². The van der Waals surface area contributed by atoms with Crippen molar-refractivity contribution in [1.29, 1.82) is 0 Å². The Labute approximate surface area is 206 Å². The predicted molar refractivity (Wildman–Crippen MR) is 137 cm³/mol. The zero-order chi connectivity index (χ0) is 25.4. The molecule has 0 heterocycles. The van der Waals surface area contributed by atoms with Crippen LogP contribution < -0.4 is 19.5 Å². The highest BCUT2D eigenvalue weighted by Crippen LogP contribution is 2.23. The van der Waals surface area contributed by atoms with E-state index in [4.69, 9.17) is 9.47 Å². The van der Waals surface area contributed by atoms with Crippen LogP contribution >= 0.6 is 0 Å². The first kappa shape index (κ1) is 26.1. The summed E-state index contributed by atoms with van der Waals surface area (Å²) in [5, 5.41) is 2.93. The van der Waals surface area contributed by atoms with Crippen LogP contribution in [0.25, 0.3) is 0 Å². The third-order valence-electron chi connectivity index (χ3n) is 5.40. The number of benzene rings is 3. The zero-order valence-electron chi connectivity index (χ0n) is 20.3. The van der Waals surface area contributed by atoms with Crippen molar-refractivity contribution in [3.8, 4) is 11.5 Å². The van der Waals surface area contributed by atoms with Gasteiger partial charge in [0.15, 0.2) is 0 Å². The molecule has 186 valence electrons. The molecule has 0 bridgehead atoms. The van der Waals surface area contributed by atoms with Gasteiger partial charge in [0.05, 0.1) is 24.7 Å². The molecule has 2 N–H and O–H groups in total. The Morgan fingerprint density at radius 3 is 2.26 bits per heavy atom. The van der Waals surface area contributed by atoms with Crippen molar-refractivity contribution >= 4 is 21.6 Å². The average molecular weight is 498 g/mol. The largest absolute Gasteiger partial charge is 0.497 e. The first-order chi connectivity index (χ1) is 16.7. The van der Waals surface area contributed by atoms with Crippen molar-refractivity contribution in [3.63, 3.8) is 0 Å². The van der Waals surface area contributed by atoms with E-state index in [1.807, 2.05) is 50.2 Å². The zero-order valence-corrected chi connectivity index (χ0v) is 21.1. The molecular weight excluding hydrogens is 466 g/mol. The highest BCUT2D eigenvalue weighted by Gasteiger charge is 2.18. The van der Waals surface area contributed by atoms with E-state index in [-0.39, 0.29) is 16.8 Å². The molecular formula is C26H31N3O5S. The lowest BCUT2D eigenvalue weighted by Gasteiger charge is -2.25. The summed E-state index contributed by atoms with van der Waals surface area (Å²) in [6.07, 6.45) is 0. The van der Waals surface area contributed by atoms with E-state index in [0.717, 1.165) is 11.3 Å². The van der Waals surface area contributed by atoms with Crippen LogP contribution in [0.15, 0.2) is 77.7 Å². The summed E-state index contributed by atoms with van der Waals surface area (Å²) in [7, 11) is 1.69. The van der Waals surface area contributed by atoms with Crippen molar-refractivity contribution in [2.24, 2.45) is 0 Å². The third-order valence-corrected chi connectivity index (χ3v) is 6.80. The maximum atomic E-state index is 12.7. The van der Waals surface area contributed by atoms with E-state index >= 15 is 0 Å². The second-order valence-corrected chi connectivity index (χ2v) is 9.74. The standard InChI is InChI=1S/C26H31N3O5S/c1-5-34-22-13-11-21(12-14-22)28-35(31,32)24-15-9-19(10-16-24)26(30)27-18-25(29(2)3)20-7-6-8-23(17-20)33-4/h6-17,25,28H,5,18H2,1-4H3,(H,27,30). The minimum Gasteiger partial charge on any atom is -0.497 e. The predicted octanol–water partition coefficient (Wildman–Crippen LogP) is 3.93. The van der Waals surface area contributed by atoms with Crippen LogP contribution in [0.4, 0.5) is 5.69 Å². The summed E-state index contributed by atoms with van der Waals surface area (Å²) in [6.45, 7) is 2.78. The van der Waals surface area contributed by atoms with Gasteiger partial charge < -0.3 is 19.7 Å². The molecule has 3 aromatic rings. The van der Waals surface area contributed by atoms with Crippen molar-refractivity contribution in [3.05, 3.63) is 83.9 Å². The van der Waals surface area contributed by atoms with Crippen LogP contribution in [0.5, 0.6) is 11.5 Å². The molecule has 0 fully saturated rings. The molecule has 9 heteroatoms. The molecule has 8 nitrogen and oxygen atoms in total. The summed E-state index contributed by atoms with van der Waals surface area (Å²) < 4.78 is 38.7. The van der Waals surface area contributed by atoms with Crippen molar-refractivity contribution < 1.29 is 22.7 Å². The summed E-state index contributed by atoms with van der Waals surface area (Å²) in [5.74, 6) is 1.12. The van der Waals surface area contributed by atoms with Gasteiger partial charge >= 0.3 is 0 Å². The SMILES string of the molecule is CCOc1ccc(NS(=O)(=O)c2ccc(C(=O)NCC(c3cccc(OC)c3)N(C)C)cc2)cc1. The summed E-state index contributed by atoms with van der Waals surface area (Å²) >= 11 is 0. The summed E-state index contributed by atoms with van der Waals surface area (Å²) in [5.41, 5.74) is 1.80. The number of nitrogens with zero attached hydrogens (tertiary/aromatic N) is 1.